The Hall–Kier alpha value is -1.30. The van der Waals surface area contributed by atoms with Crippen molar-refractivity contribution < 1.29 is 9.53 Å². The summed E-state index contributed by atoms with van der Waals surface area (Å²) >= 11 is 0.977. The highest BCUT2D eigenvalue weighted by Crippen LogP contribution is 2.23. The molecule has 0 radical (unpaired) electrons. The van der Waals surface area contributed by atoms with Gasteiger partial charge in [-0.3, -0.25) is 0 Å². The molecule has 0 fully saturated rings. The number of nitrogens with zero attached hydrogens (tertiary/aromatic N) is 1. The first-order valence-electron chi connectivity index (χ1n) is 2.75. The van der Waals surface area contributed by atoms with Crippen LogP contribution in [-0.4, -0.2) is 17.5 Å². The molecule has 60 valence electrons. The Labute approximate surface area is 67.1 Å². The topological polar surface area (TPSA) is 91.2 Å². The fraction of sp³-hybridized carbons (Fsp3) is 0.200. The first kappa shape index (κ1) is 7.80. The molecule has 0 bridgehead atoms. The fourth-order valence-electron chi connectivity index (χ4n) is 0.623. The summed E-state index contributed by atoms with van der Waals surface area (Å²) in [6.45, 7) is 0. The highest BCUT2D eigenvalue weighted by Gasteiger charge is 2.16. The maximum absolute atomic E-state index is 10.9. The second-order valence-corrected chi connectivity index (χ2v) is 2.60. The van der Waals surface area contributed by atoms with Crippen molar-refractivity contribution in [1.82, 2.24) is 4.37 Å². The molecule has 0 aliphatic rings. The van der Waals surface area contributed by atoms with Crippen molar-refractivity contribution in [2.45, 2.75) is 0 Å². The Morgan fingerprint density at radius 3 is 2.64 bits per heavy atom. The van der Waals surface area contributed by atoms with E-state index in [1.165, 1.54) is 7.11 Å². The summed E-state index contributed by atoms with van der Waals surface area (Å²) in [5.74, 6) is -0.423. The number of aromatic nitrogens is 1. The van der Waals surface area contributed by atoms with Crippen LogP contribution in [0.3, 0.4) is 0 Å². The highest BCUT2D eigenvalue weighted by atomic mass is 32.1. The van der Waals surface area contributed by atoms with Gasteiger partial charge in [-0.15, -0.1) is 0 Å². The van der Waals surface area contributed by atoms with Crippen LogP contribution in [0.2, 0.25) is 0 Å². The van der Waals surface area contributed by atoms with Crippen LogP contribution in [0.25, 0.3) is 0 Å². The molecule has 6 heteroatoms. The zero-order valence-corrected chi connectivity index (χ0v) is 6.64. The van der Waals surface area contributed by atoms with Crippen LogP contribution in [0, 0.1) is 0 Å². The largest absolute Gasteiger partial charge is 0.465 e. The van der Waals surface area contributed by atoms with Crippen LogP contribution in [-0.2, 0) is 4.74 Å². The number of hydrogen-bond acceptors (Lipinski definition) is 6. The number of ether oxygens (including phenoxy) is 1. The Kier molecular flexibility index (Phi) is 1.95. The molecule has 1 heterocycles. The van der Waals surface area contributed by atoms with E-state index in [9.17, 15) is 4.79 Å². The first-order chi connectivity index (χ1) is 5.16. The van der Waals surface area contributed by atoms with E-state index in [2.05, 4.69) is 9.11 Å². The lowest BCUT2D eigenvalue weighted by molar-refractivity contribution is 0.0603. The molecule has 0 aliphatic heterocycles. The Bertz CT molecular complexity index is 264. The number of esters is 1. The molecule has 0 saturated carbocycles. The van der Waals surface area contributed by atoms with Gasteiger partial charge in [0.2, 0.25) is 0 Å². The zero-order chi connectivity index (χ0) is 8.43. The van der Waals surface area contributed by atoms with Crippen LogP contribution in [0.15, 0.2) is 0 Å². The average molecular weight is 173 g/mol. The predicted molar refractivity (Wildman–Crippen MR) is 42.3 cm³/mol. The van der Waals surface area contributed by atoms with Gasteiger partial charge in [0.25, 0.3) is 0 Å². The van der Waals surface area contributed by atoms with Gasteiger partial charge in [0.15, 0.2) is 5.82 Å². The SMILES string of the molecule is COC(=O)c1c(N)nsc1N. The Morgan fingerprint density at radius 2 is 2.27 bits per heavy atom. The van der Waals surface area contributed by atoms with Gasteiger partial charge < -0.3 is 16.2 Å². The molecule has 1 aromatic heterocycles. The van der Waals surface area contributed by atoms with Crippen molar-refractivity contribution in [3.05, 3.63) is 5.56 Å². The third-order valence-electron chi connectivity index (χ3n) is 1.13. The number of hydrogen-bond donors (Lipinski definition) is 2. The lowest BCUT2D eigenvalue weighted by Crippen LogP contribution is -2.05. The summed E-state index contributed by atoms with van der Waals surface area (Å²) in [4.78, 5) is 10.9. The lowest BCUT2D eigenvalue weighted by atomic mass is 10.3. The molecular weight excluding hydrogens is 166 g/mol. The summed E-state index contributed by atoms with van der Waals surface area (Å²) in [5, 5.41) is 0.286. The van der Waals surface area contributed by atoms with Gasteiger partial charge in [0, 0.05) is 0 Å². The fourth-order valence-corrected chi connectivity index (χ4v) is 1.19. The highest BCUT2D eigenvalue weighted by molar-refractivity contribution is 7.10. The minimum Gasteiger partial charge on any atom is -0.465 e. The lowest BCUT2D eigenvalue weighted by Gasteiger charge is -1.96. The van der Waals surface area contributed by atoms with Crippen molar-refractivity contribution in [3.63, 3.8) is 0 Å². The number of methoxy groups -OCH3 is 1. The van der Waals surface area contributed by atoms with Crippen molar-refractivity contribution in [2.75, 3.05) is 18.6 Å². The quantitative estimate of drug-likeness (QED) is 0.587. The van der Waals surface area contributed by atoms with E-state index in [4.69, 9.17) is 11.5 Å². The number of carbonyl (C=O) groups excluding carboxylic acids is 1. The Morgan fingerprint density at radius 1 is 1.64 bits per heavy atom. The molecule has 4 N–H and O–H groups in total. The standard InChI is InChI=1S/C5H7N3O2S/c1-10-5(9)2-3(6)8-11-4(2)7/h7H2,1H3,(H2,6,8). The molecule has 0 atom stereocenters. The van der Waals surface area contributed by atoms with Gasteiger partial charge in [0.1, 0.15) is 10.6 Å². The molecule has 11 heavy (non-hydrogen) atoms. The van der Waals surface area contributed by atoms with E-state index in [0.717, 1.165) is 11.5 Å². The summed E-state index contributed by atoms with van der Waals surface area (Å²) in [5.41, 5.74) is 10.9. The number of nitrogen functional groups attached to an aromatic ring is 2. The monoisotopic (exact) mass is 173 g/mol. The number of anilines is 2. The number of nitrogens with two attached hydrogens (primary N) is 2. The van der Waals surface area contributed by atoms with Crippen LogP contribution >= 0.6 is 11.5 Å². The van der Waals surface area contributed by atoms with Crippen LogP contribution in [0.5, 0.6) is 0 Å². The molecule has 1 aromatic rings. The van der Waals surface area contributed by atoms with E-state index < -0.39 is 5.97 Å². The molecule has 0 amide bonds. The summed E-state index contributed by atoms with van der Waals surface area (Å²) in [6, 6.07) is 0. The number of rotatable bonds is 1. The molecule has 0 unspecified atom stereocenters. The van der Waals surface area contributed by atoms with E-state index in [1.54, 1.807) is 0 Å². The molecular formula is C5H7N3O2S. The molecule has 1 rings (SSSR count). The maximum atomic E-state index is 10.9. The minimum absolute atomic E-state index is 0.124. The normalized spacial score (nSPS) is 9.55. The van der Waals surface area contributed by atoms with Gasteiger partial charge >= 0.3 is 5.97 Å². The molecule has 0 spiro atoms. The van der Waals surface area contributed by atoms with E-state index >= 15 is 0 Å². The van der Waals surface area contributed by atoms with Crippen LogP contribution in [0.4, 0.5) is 10.8 Å². The van der Waals surface area contributed by atoms with Crippen molar-refractivity contribution in [3.8, 4) is 0 Å². The summed E-state index contributed by atoms with van der Waals surface area (Å²) in [6.07, 6.45) is 0. The van der Waals surface area contributed by atoms with Crippen molar-refractivity contribution in [2.24, 2.45) is 0 Å². The van der Waals surface area contributed by atoms with Gasteiger partial charge in [-0.05, 0) is 11.5 Å². The predicted octanol–water partition coefficient (Wildman–Crippen LogP) is 0.0941. The number of carbonyl (C=O) groups is 1. The second kappa shape index (κ2) is 2.75. The van der Waals surface area contributed by atoms with Crippen LogP contribution < -0.4 is 11.5 Å². The second-order valence-electron chi connectivity index (χ2n) is 1.80. The van der Waals surface area contributed by atoms with E-state index in [1.807, 2.05) is 0 Å². The smallest absolute Gasteiger partial charge is 0.344 e. The van der Waals surface area contributed by atoms with Crippen molar-refractivity contribution in [1.29, 1.82) is 0 Å². The third-order valence-corrected chi connectivity index (χ3v) is 1.82. The molecule has 0 aliphatic carbocycles. The van der Waals surface area contributed by atoms with E-state index in [0.29, 0.717) is 0 Å². The maximum Gasteiger partial charge on any atom is 0.344 e. The molecule has 0 aromatic carbocycles. The summed E-state index contributed by atoms with van der Waals surface area (Å²) in [7, 11) is 1.26. The average Bonchev–Trinajstić information content (AvgIpc) is 2.30. The minimum atomic E-state index is -0.547. The molecule has 5 nitrogen and oxygen atoms in total. The van der Waals surface area contributed by atoms with Gasteiger partial charge in [0.05, 0.1) is 7.11 Å². The Balaban J connectivity index is 3.10. The van der Waals surface area contributed by atoms with Gasteiger partial charge in [-0.1, -0.05) is 0 Å². The molecule has 0 saturated heterocycles. The van der Waals surface area contributed by atoms with E-state index in [-0.39, 0.29) is 16.4 Å². The zero-order valence-electron chi connectivity index (χ0n) is 5.83. The third kappa shape index (κ3) is 1.25. The first-order valence-corrected chi connectivity index (χ1v) is 3.53. The van der Waals surface area contributed by atoms with Crippen molar-refractivity contribution >= 4 is 28.3 Å². The van der Waals surface area contributed by atoms with Gasteiger partial charge in [-0.2, -0.15) is 4.37 Å². The summed E-state index contributed by atoms with van der Waals surface area (Å²) < 4.78 is 8.10. The van der Waals surface area contributed by atoms with Crippen LogP contribution in [0.1, 0.15) is 10.4 Å². The van der Waals surface area contributed by atoms with Gasteiger partial charge in [-0.25, -0.2) is 4.79 Å².